The van der Waals surface area contributed by atoms with Gasteiger partial charge in [-0.2, -0.15) is 0 Å². The zero-order chi connectivity index (χ0) is 41.7. The molecular formula is C51H98O6. The first-order valence-electron chi connectivity index (χ1n) is 25.4. The molecule has 6 nitrogen and oxygen atoms in total. The second-order valence-electron chi connectivity index (χ2n) is 17.9. The maximum absolute atomic E-state index is 12.7. The van der Waals surface area contributed by atoms with Gasteiger partial charge in [-0.05, 0) is 25.2 Å². The first-order valence-corrected chi connectivity index (χ1v) is 25.4. The molecule has 0 spiro atoms. The number of hydrogen-bond donors (Lipinski definition) is 0. The van der Waals surface area contributed by atoms with Crippen LogP contribution in [0.4, 0.5) is 0 Å². The average Bonchev–Trinajstić information content (AvgIpc) is 3.19. The van der Waals surface area contributed by atoms with E-state index < -0.39 is 6.10 Å². The Morgan fingerprint density at radius 1 is 0.333 bits per heavy atom. The minimum absolute atomic E-state index is 0.0636. The predicted molar refractivity (Wildman–Crippen MR) is 243 cm³/mol. The zero-order valence-electron chi connectivity index (χ0n) is 38.8. The Morgan fingerprint density at radius 3 is 0.860 bits per heavy atom. The maximum Gasteiger partial charge on any atom is 0.306 e. The molecule has 0 aromatic carbocycles. The summed E-state index contributed by atoms with van der Waals surface area (Å²) in [6.45, 7) is 8.98. The summed E-state index contributed by atoms with van der Waals surface area (Å²) >= 11 is 0. The summed E-state index contributed by atoms with van der Waals surface area (Å²) in [5.41, 5.74) is 0. The van der Waals surface area contributed by atoms with Gasteiger partial charge in [0.2, 0.25) is 0 Å². The third-order valence-corrected chi connectivity index (χ3v) is 11.5. The van der Waals surface area contributed by atoms with E-state index in [1.807, 2.05) is 0 Å². The minimum Gasteiger partial charge on any atom is -0.462 e. The fourth-order valence-electron chi connectivity index (χ4n) is 7.69. The number of rotatable bonds is 46. The Kier molecular flexibility index (Phi) is 44.2. The molecule has 0 aromatic heterocycles. The lowest BCUT2D eigenvalue weighted by Gasteiger charge is -2.18. The van der Waals surface area contributed by atoms with Crippen LogP contribution in [-0.4, -0.2) is 37.2 Å². The lowest BCUT2D eigenvalue weighted by molar-refractivity contribution is -0.167. The fraction of sp³-hybridized carbons (Fsp3) is 0.941. The highest BCUT2D eigenvalue weighted by atomic mass is 16.6. The van der Waals surface area contributed by atoms with E-state index in [0.717, 1.165) is 63.7 Å². The summed E-state index contributed by atoms with van der Waals surface area (Å²) in [6.07, 6.45) is 46.7. The van der Waals surface area contributed by atoms with E-state index in [-0.39, 0.29) is 31.1 Å². The highest BCUT2D eigenvalue weighted by molar-refractivity contribution is 5.71. The van der Waals surface area contributed by atoms with Crippen LogP contribution >= 0.6 is 0 Å². The summed E-state index contributed by atoms with van der Waals surface area (Å²) in [7, 11) is 0. The van der Waals surface area contributed by atoms with Crippen molar-refractivity contribution in [2.45, 2.75) is 291 Å². The number of unbranched alkanes of at least 4 members (excludes halogenated alkanes) is 33. The average molecular weight is 807 g/mol. The highest BCUT2D eigenvalue weighted by Gasteiger charge is 2.19. The van der Waals surface area contributed by atoms with Crippen LogP contribution in [0.1, 0.15) is 285 Å². The minimum atomic E-state index is -0.759. The van der Waals surface area contributed by atoms with Crippen LogP contribution < -0.4 is 0 Å². The van der Waals surface area contributed by atoms with Gasteiger partial charge < -0.3 is 14.2 Å². The second-order valence-corrected chi connectivity index (χ2v) is 17.9. The SMILES string of the molecule is CCCCCCCCCCCCCCCCCCCCC(=O)O[C@@H](COC(=O)CCCCCCCCC)COC(=O)CCCCCCCCCCCCCC(C)C. The molecule has 0 rings (SSSR count). The Labute approximate surface area is 355 Å². The Balaban J connectivity index is 4.20. The van der Waals surface area contributed by atoms with Gasteiger partial charge in [0.15, 0.2) is 6.10 Å². The molecule has 0 heterocycles. The highest BCUT2D eigenvalue weighted by Crippen LogP contribution is 2.17. The van der Waals surface area contributed by atoms with E-state index in [9.17, 15) is 14.4 Å². The van der Waals surface area contributed by atoms with Crippen molar-refractivity contribution in [1.29, 1.82) is 0 Å². The van der Waals surface area contributed by atoms with Gasteiger partial charge in [-0.1, -0.05) is 246 Å². The van der Waals surface area contributed by atoms with Crippen molar-refractivity contribution in [2.24, 2.45) is 5.92 Å². The number of ether oxygens (including phenoxy) is 3. The van der Waals surface area contributed by atoms with E-state index >= 15 is 0 Å². The van der Waals surface area contributed by atoms with E-state index in [2.05, 4.69) is 27.7 Å². The summed E-state index contributed by atoms with van der Waals surface area (Å²) in [5.74, 6) is -0.0264. The van der Waals surface area contributed by atoms with Gasteiger partial charge in [-0.15, -0.1) is 0 Å². The molecule has 0 fully saturated rings. The van der Waals surface area contributed by atoms with Crippen LogP contribution in [-0.2, 0) is 28.6 Å². The molecule has 0 aromatic rings. The van der Waals surface area contributed by atoms with Crippen molar-refractivity contribution in [3.05, 3.63) is 0 Å². The topological polar surface area (TPSA) is 78.9 Å². The molecule has 0 N–H and O–H groups in total. The Bertz CT molecular complexity index is 857. The van der Waals surface area contributed by atoms with Gasteiger partial charge in [0.25, 0.3) is 0 Å². The number of carbonyl (C=O) groups excluding carboxylic acids is 3. The van der Waals surface area contributed by atoms with Crippen molar-refractivity contribution in [3.63, 3.8) is 0 Å². The largest absolute Gasteiger partial charge is 0.462 e. The summed E-state index contributed by atoms with van der Waals surface area (Å²) in [4.78, 5) is 37.7. The first-order chi connectivity index (χ1) is 27.9. The smallest absolute Gasteiger partial charge is 0.306 e. The van der Waals surface area contributed by atoms with Gasteiger partial charge in [0.05, 0.1) is 0 Å². The molecule has 57 heavy (non-hydrogen) atoms. The molecule has 0 radical (unpaired) electrons. The van der Waals surface area contributed by atoms with Crippen molar-refractivity contribution in [3.8, 4) is 0 Å². The van der Waals surface area contributed by atoms with Crippen molar-refractivity contribution in [2.75, 3.05) is 13.2 Å². The summed E-state index contributed by atoms with van der Waals surface area (Å²) in [6, 6.07) is 0. The Hall–Kier alpha value is -1.59. The summed E-state index contributed by atoms with van der Waals surface area (Å²) in [5, 5.41) is 0. The first kappa shape index (κ1) is 55.4. The lowest BCUT2D eigenvalue weighted by atomic mass is 10.0. The molecule has 0 bridgehead atoms. The molecule has 0 aliphatic carbocycles. The molecule has 0 aliphatic heterocycles. The van der Waals surface area contributed by atoms with Crippen molar-refractivity contribution in [1.82, 2.24) is 0 Å². The van der Waals surface area contributed by atoms with E-state index in [4.69, 9.17) is 14.2 Å². The fourth-order valence-corrected chi connectivity index (χ4v) is 7.69. The Morgan fingerprint density at radius 2 is 0.579 bits per heavy atom. The third-order valence-electron chi connectivity index (χ3n) is 11.5. The molecule has 1 atom stereocenters. The lowest BCUT2D eigenvalue weighted by Crippen LogP contribution is -2.30. The van der Waals surface area contributed by atoms with Crippen LogP contribution in [0.3, 0.4) is 0 Å². The molecule has 0 amide bonds. The molecule has 0 unspecified atom stereocenters. The third kappa shape index (κ3) is 45.3. The van der Waals surface area contributed by atoms with Crippen LogP contribution in [0, 0.1) is 5.92 Å². The van der Waals surface area contributed by atoms with Gasteiger partial charge in [-0.25, -0.2) is 0 Å². The monoisotopic (exact) mass is 807 g/mol. The van der Waals surface area contributed by atoms with Crippen molar-refractivity contribution < 1.29 is 28.6 Å². The van der Waals surface area contributed by atoms with E-state index in [0.29, 0.717) is 19.3 Å². The molecule has 338 valence electrons. The van der Waals surface area contributed by atoms with E-state index in [1.165, 1.54) is 180 Å². The predicted octanol–water partition coefficient (Wildman–Crippen LogP) is 16.3. The van der Waals surface area contributed by atoms with Crippen molar-refractivity contribution >= 4 is 17.9 Å². The molecular weight excluding hydrogens is 709 g/mol. The van der Waals surface area contributed by atoms with Crippen LogP contribution in [0.15, 0.2) is 0 Å². The van der Waals surface area contributed by atoms with Gasteiger partial charge in [0.1, 0.15) is 13.2 Å². The molecule has 0 aliphatic rings. The number of esters is 3. The zero-order valence-corrected chi connectivity index (χ0v) is 38.8. The van der Waals surface area contributed by atoms with Crippen LogP contribution in [0.2, 0.25) is 0 Å². The van der Waals surface area contributed by atoms with Gasteiger partial charge >= 0.3 is 17.9 Å². The maximum atomic E-state index is 12.7. The molecule has 6 heteroatoms. The van der Waals surface area contributed by atoms with Crippen LogP contribution in [0.5, 0.6) is 0 Å². The number of hydrogen-bond acceptors (Lipinski definition) is 6. The molecule has 0 saturated carbocycles. The standard InChI is InChI=1S/C51H98O6/c1-5-7-9-11-13-14-15-16-17-18-19-20-21-24-28-32-36-40-44-51(54)57-48(45-55-49(52)42-38-34-29-12-10-8-6-2)46-56-50(53)43-39-35-31-27-25-22-23-26-30-33-37-41-47(3)4/h47-48H,5-46H2,1-4H3/t48-/m0/s1. The number of carbonyl (C=O) groups is 3. The van der Waals surface area contributed by atoms with E-state index in [1.54, 1.807) is 0 Å². The van der Waals surface area contributed by atoms with Gasteiger partial charge in [0, 0.05) is 19.3 Å². The normalized spacial score (nSPS) is 11.9. The van der Waals surface area contributed by atoms with Gasteiger partial charge in [-0.3, -0.25) is 14.4 Å². The van der Waals surface area contributed by atoms with Crippen LogP contribution in [0.25, 0.3) is 0 Å². The molecule has 0 saturated heterocycles. The second kappa shape index (κ2) is 45.5. The quantitative estimate of drug-likeness (QED) is 0.0346. The summed E-state index contributed by atoms with van der Waals surface area (Å²) < 4.78 is 16.7.